The highest BCUT2D eigenvalue weighted by atomic mass is 32.2. The van der Waals surface area contributed by atoms with Crippen molar-refractivity contribution in [2.24, 2.45) is 0 Å². The number of para-hydroxylation sites is 1. The highest BCUT2D eigenvalue weighted by molar-refractivity contribution is 7.93. The van der Waals surface area contributed by atoms with Gasteiger partial charge in [0, 0.05) is 36.0 Å². The first-order valence-corrected chi connectivity index (χ1v) is 12.8. The van der Waals surface area contributed by atoms with Crippen LogP contribution in [0.5, 0.6) is 0 Å². The molecule has 0 bridgehead atoms. The van der Waals surface area contributed by atoms with Crippen molar-refractivity contribution in [2.45, 2.75) is 13.0 Å². The van der Waals surface area contributed by atoms with Crippen LogP contribution in [0, 0.1) is 5.82 Å². The van der Waals surface area contributed by atoms with Gasteiger partial charge in [0.05, 0.1) is 22.8 Å². The third kappa shape index (κ3) is 4.81. The van der Waals surface area contributed by atoms with Crippen molar-refractivity contribution in [1.29, 1.82) is 0 Å². The number of aromatic nitrogens is 2. The van der Waals surface area contributed by atoms with Crippen LogP contribution in [0.25, 0.3) is 16.9 Å². The zero-order valence-corrected chi connectivity index (χ0v) is 19.6. The summed E-state index contributed by atoms with van der Waals surface area (Å²) in [5.74, 6) is -0.562. The molecule has 4 aromatic rings. The zero-order chi connectivity index (χ0) is 24.4. The van der Waals surface area contributed by atoms with E-state index in [1.54, 1.807) is 41.1 Å². The largest absolute Gasteiger partial charge is 0.348 e. The number of amides is 1. The summed E-state index contributed by atoms with van der Waals surface area (Å²) < 4.78 is 41.1. The molecule has 5 rings (SSSR count). The Morgan fingerprint density at radius 2 is 1.71 bits per heavy atom. The highest BCUT2D eigenvalue weighted by Gasteiger charge is 2.28. The molecule has 3 aromatic carbocycles. The number of carbonyl (C=O) groups is 1. The van der Waals surface area contributed by atoms with Crippen LogP contribution in [0.1, 0.15) is 22.3 Å². The monoisotopic (exact) mass is 490 g/mol. The Morgan fingerprint density at radius 1 is 0.971 bits per heavy atom. The van der Waals surface area contributed by atoms with Crippen LogP contribution >= 0.6 is 0 Å². The van der Waals surface area contributed by atoms with E-state index in [9.17, 15) is 17.6 Å². The average molecular weight is 491 g/mol. The third-order valence-corrected chi connectivity index (χ3v) is 7.73. The molecule has 7 nitrogen and oxygen atoms in total. The summed E-state index contributed by atoms with van der Waals surface area (Å²) in [6, 6.07) is 22.2. The number of carbonyl (C=O) groups excluding carboxylic acids is 1. The molecule has 1 aromatic heterocycles. The van der Waals surface area contributed by atoms with Gasteiger partial charge in [-0.25, -0.2) is 17.5 Å². The number of nitrogens with one attached hydrogen (secondary N) is 1. The minimum absolute atomic E-state index is 0.112. The molecular formula is C26H23FN4O3S. The number of nitrogens with zero attached hydrogens (tertiary/aromatic N) is 3. The van der Waals surface area contributed by atoms with Crippen molar-refractivity contribution in [1.82, 2.24) is 15.1 Å². The first-order chi connectivity index (χ1) is 16.9. The second-order valence-electron chi connectivity index (χ2n) is 8.26. The second-order valence-corrected chi connectivity index (χ2v) is 10.3. The molecule has 1 saturated heterocycles. The summed E-state index contributed by atoms with van der Waals surface area (Å²) in [7, 11) is -3.34. The van der Waals surface area contributed by atoms with E-state index >= 15 is 0 Å². The summed E-state index contributed by atoms with van der Waals surface area (Å²) in [6.07, 6.45) is 2.40. The van der Waals surface area contributed by atoms with Gasteiger partial charge in [-0.3, -0.25) is 9.10 Å². The molecule has 0 spiro atoms. The summed E-state index contributed by atoms with van der Waals surface area (Å²) in [5, 5.41) is 7.59. The molecule has 178 valence electrons. The van der Waals surface area contributed by atoms with E-state index in [-0.39, 0.29) is 24.0 Å². The minimum atomic E-state index is -3.34. The lowest BCUT2D eigenvalue weighted by molar-refractivity contribution is 0.0951. The Kier molecular flexibility index (Phi) is 6.08. The molecule has 9 heteroatoms. The van der Waals surface area contributed by atoms with Gasteiger partial charge in [0.25, 0.3) is 5.91 Å². The lowest BCUT2D eigenvalue weighted by Gasteiger charge is -2.17. The molecule has 2 heterocycles. The van der Waals surface area contributed by atoms with Crippen molar-refractivity contribution in [3.63, 3.8) is 0 Å². The third-order valence-electron chi connectivity index (χ3n) is 5.86. The normalized spacial score (nSPS) is 14.7. The van der Waals surface area contributed by atoms with Gasteiger partial charge in [0.1, 0.15) is 5.82 Å². The van der Waals surface area contributed by atoms with Crippen molar-refractivity contribution in [2.75, 3.05) is 16.6 Å². The molecule has 1 aliphatic heterocycles. The number of benzene rings is 3. The predicted octanol–water partition coefficient (Wildman–Crippen LogP) is 4.15. The molecule has 35 heavy (non-hydrogen) atoms. The van der Waals surface area contributed by atoms with E-state index in [2.05, 4.69) is 10.4 Å². The Morgan fingerprint density at radius 3 is 2.43 bits per heavy atom. The number of anilines is 1. The fraction of sp³-hybridized carbons (Fsp3) is 0.154. The zero-order valence-electron chi connectivity index (χ0n) is 18.8. The molecule has 1 N–H and O–H groups in total. The Bertz CT molecular complexity index is 1470. The van der Waals surface area contributed by atoms with Gasteiger partial charge < -0.3 is 5.32 Å². The summed E-state index contributed by atoms with van der Waals surface area (Å²) in [5.41, 5.74) is 3.82. The maximum atomic E-state index is 13.5. The van der Waals surface area contributed by atoms with E-state index in [1.165, 1.54) is 16.4 Å². The number of hydrogen-bond acceptors (Lipinski definition) is 4. The summed E-state index contributed by atoms with van der Waals surface area (Å²) in [4.78, 5) is 13.0. The quantitative estimate of drug-likeness (QED) is 0.440. The fourth-order valence-corrected chi connectivity index (χ4v) is 5.67. The maximum Gasteiger partial charge on any atom is 0.251 e. The average Bonchev–Trinajstić information content (AvgIpc) is 3.46. The Balaban J connectivity index is 1.40. The van der Waals surface area contributed by atoms with Gasteiger partial charge in [-0.1, -0.05) is 24.3 Å². The number of rotatable bonds is 6. The smallest absolute Gasteiger partial charge is 0.251 e. The van der Waals surface area contributed by atoms with E-state index in [1.807, 2.05) is 36.5 Å². The van der Waals surface area contributed by atoms with Crippen LogP contribution < -0.4 is 9.62 Å². The van der Waals surface area contributed by atoms with E-state index in [0.29, 0.717) is 29.9 Å². The Labute approximate surface area is 202 Å². The summed E-state index contributed by atoms with van der Waals surface area (Å²) >= 11 is 0. The van der Waals surface area contributed by atoms with Crippen molar-refractivity contribution < 1.29 is 17.6 Å². The topological polar surface area (TPSA) is 84.3 Å². The van der Waals surface area contributed by atoms with Gasteiger partial charge in [-0.2, -0.15) is 5.10 Å². The van der Waals surface area contributed by atoms with Crippen molar-refractivity contribution in [3.8, 4) is 16.9 Å². The van der Waals surface area contributed by atoms with Crippen molar-refractivity contribution in [3.05, 3.63) is 102 Å². The fourth-order valence-electron chi connectivity index (χ4n) is 4.11. The molecule has 1 fully saturated rings. The van der Waals surface area contributed by atoms with E-state index in [4.69, 9.17) is 0 Å². The maximum absolute atomic E-state index is 13.5. The molecule has 0 radical (unpaired) electrons. The molecule has 0 aliphatic carbocycles. The van der Waals surface area contributed by atoms with Crippen LogP contribution in [0.15, 0.2) is 85.1 Å². The van der Waals surface area contributed by atoms with Crippen LogP contribution in [0.2, 0.25) is 0 Å². The Hall–Kier alpha value is -3.98. The lowest BCUT2D eigenvalue weighted by atomic mass is 10.1. The van der Waals surface area contributed by atoms with Crippen molar-refractivity contribution >= 4 is 21.6 Å². The van der Waals surface area contributed by atoms with Gasteiger partial charge >= 0.3 is 0 Å². The molecule has 0 unspecified atom stereocenters. The standard InChI is InChI=1S/C26H23FN4O3S/c27-22-12-10-19(11-13-22)25-21(18-30(29-25)23-7-2-1-3-8-23)17-28-26(32)20-6-4-9-24(16-20)31-14-5-15-35(31,33)34/h1-4,6-13,16,18H,5,14-15,17H2,(H,28,32). The minimum Gasteiger partial charge on any atom is -0.348 e. The number of halogens is 1. The molecule has 0 atom stereocenters. The molecule has 0 saturated carbocycles. The number of sulfonamides is 1. The molecule has 1 aliphatic rings. The van der Waals surface area contributed by atoms with Gasteiger partial charge in [-0.05, 0) is 61.0 Å². The van der Waals surface area contributed by atoms with E-state index in [0.717, 1.165) is 16.8 Å². The second kappa shape index (κ2) is 9.34. The molecular weight excluding hydrogens is 467 g/mol. The molecule has 1 amide bonds. The van der Waals surface area contributed by atoms with E-state index < -0.39 is 10.0 Å². The highest BCUT2D eigenvalue weighted by Crippen LogP contribution is 2.26. The van der Waals surface area contributed by atoms with Gasteiger partial charge in [0.2, 0.25) is 10.0 Å². The van der Waals surface area contributed by atoms with Crippen LogP contribution in [-0.4, -0.2) is 36.4 Å². The van der Waals surface area contributed by atoms with Crippen LogP contribution in [0.4, 0.5) is 10.1 Å². The van der Waals surface area contributed by atoms with Gasteiger partial charge in [-0.15, -0.1) is 0 Å². The first-order valence-electron chi connectivity index (χ1n) is 11.2. The summed E-state index contributed by atoms with van der Waals surface area (Å²) in [6.45, 7) is 0.595. The predicted molar refractivity (Wildman–Crippen MR) is 132 cm³/mol. The van der Waals surface area contributed by atoms with Crippen LogP contribution in [-0.2, 0) is 16.6 Å². The lowest BCUT2D eigenvalue weighted by Crippen LogP contribution is -2.26. The first kappa shape index (κ1) is 22.8. The van der Waals surface area contributed by atoms with Crippen LogP contribution in [0.3, 0.4) is 0 Å². The SMILES string of the molecule is O=C(NCc1cn(-c2ccccc2)nc1-c1ccc(F)cc1)c1cccc(N2CCCS2(=O)=O)c1. The van der Waals surface area contributed by atoms with Gasteiger partial charge in [0.15, 0.2) is 0 Å². The number of hydrogen-bond donors (Lipinski definition) is 1.